The molecule has 1 unspecified atom stereocenters. The maximum Gasteiger partial charge on any atom is 0.429 e. The van der Waals surface area contributed by atoms with Gasteiger partial charge < -0.3 is 25.8 Å². The van der Waals surface area contributed by atoms with Crippen molar-refractivity contribution in [3.8, 4) is 17.0 Å². The fourth-order valence-electron chi connectivity index (χ4n) is 5.27. The molecule has 0 bridgehead atoms. The van der Waals surface area contributed by atoms with Gasteiger partial charge in [0.15, 0.2) is 0 Å². The van der Waals surface area contributed by atoms with Gasteiger partial charge in [0.25, 0.3) is 0 Å². The van der Waals surface area contributed by atoms with Gasteiger partial charge in [-0.25, -0.2) is 0 Å². The summed E-state index contributed by atoms with van der Waals surface area (Å²) in [6.07, 6.45) is -3.31. The Hall–Kier alpha value is -3.93. The highest BCUT2D eigenvalue weighted by Crippen LogP contribution is 2.41. The van der Waals surface area contributed by atoms with Crippen LogP contribution in [0.3, 0.4) is 0 Å². The molecule has 9 nitrogen and oxygen atoms in total. The summed E-state index contributed by atoms with van der Waals surface area (Å²) in [5.74, 6) is -0.961. The quantitative estimate of drug-likeness (QED) is 0.421. The number of anilines is 2. The summed E-state index contributed by atoms with van der Waals surface area (Å²) in [7, 11) is 0. The number of nitrogens with one attached hydrogen (secondary N) is 1. The number of carboxylic acids is 1. The summed E-state index contributed by atoms with van der Waals surface area (Å²) in [6, 6.07) is 10.4. The summed E-state index contributed by atoms with van der Waals surface area (Å²) in [4.78, 5) is 25.6. The third-order valence-electron chi connectivity index (χ3n) is 7.51. The Morgan fingerprint density at radius 2 is 1.85 bits per heavy atom. The number of alkyl halides is 3. The topological polar surface area (TPSA) is 126 Å². The average Bonchev–Trinajstić information content (AvgIpc) is 3.31. The second kappa shape index (κ2) is 10.3. The van der Waals surface area contributed by atoms with Crippen molar-refractivity contribution >= 4 is 17.7 Å². The number of carboxylic acid groups (broad SMARTS) is 1. The third kappa shape index (κ3) is 5.90. The van der Waals surface area contributed by atoms with Crippen molar-refractivity contribution in [3.63, 3.8) is 0 Å². The summed E-state index contributed by atoms with van der Waals surface area (Å²) >= 11 is 0. The van der Waals surface area contributed by atoms with Crippen molar-refractivity contribution in [2.24, 2.45) is 5.41 Å². The van der Waals surface area contributed by atoms with Gasteiger partial charge in [0, 0.05) is 48.7 Å². The van der Waals surface area contributed by atoms with Gasteiger partial charge >= 0.3 is 12.1 Å². The first-order valence-corrected chi connectivity index (χ1v) is 12.6. The molecule has 1 aromatic carbocycles. The number of hydrogen-bond donors (Lipinski definition) is 3. The first kappa shape index (κ1) is 26.7. The van der Waals surface area contributed by atoms with Gasteiger partial charge in [-0.3, -0.25) is 9.78 Å². The van der Waals surface area contributed by atoms with Crippen LogP contribution in [0.2, 0.25) is 0 Å². The fourth-order valence-corrected chi connectivity index (χ4v) is 5.27. The zero-order valence-corrected chi connectivity index (χ0v) is 21.3. The molecule has 4 heterocycles. The van der Waals surface area contributed by atoms with Crippen LogP contribution in [-0.2, 0) is 4.79 Å². The second-order valence-corrected chi connectivity index (χ2v) is 10.2. The maximum atomic E-state index is 14.1. The molecule has 5 rings (SSSR count). The van der Waals surface area contributed by atoms with Crippen molar-refractivity contribution in [2.45, 2.75) is 44.5 Å². The van der Waals surface area contributed by atoms with Crippen molar-refractivity contribution in [1.29, 1.82) is 0 Å². The van der Waals surface area contributed by atoms with E-state index >= 15 is 0 Å². The minimum atomic E-state index is -4.71. The second-order valence-electron chi connectivity index (χ2n) is 10.2. The van der Waals surface area contributed by atoms with Crippen LogP contribution >= 0.6 is 0 Å². The SMILES string of the molecule is Cc1ccc(-c2ccc([C@@H](Oc3cc(N4CCC5(CC4)CNC(C(=O)O)C5)nc(N)n3)C(F)(F)F)cc2)cn1. The van der Waals surface area contributed by atoms with Crippen LogP contribution < -0.4 is 20.7 Å². The van der Waals surface area contributed by atoms with Gasteiger partial charge in [0.2, 0.25) is 17.9 Å². The van der Waals surface area contributed by atoms with Crippen molar-refractivity contribution in [2.75, 3.05) is 30.3 Å². The first-order chi connectivity index (χ1) is 18.5. The lowest BCUT2D eigenvalue weighted by Crippen LogP contribution is -2.41. The van der Waals surface area contributed by atoms with Gasteiger partial charge in [-0.2, -0.15) is 23.1 Å². The minimum absolute atomic E-state index is 0.0771. The average molecular weight is 543 g/mol. The number of rotatable bonds is 6. The number of aromatic nitrogens is 3. The predicted molar refractivity (Wildman–Crippen MR) is 138 cm³/mol. The molecule has 0 radical (unpaired) electrons. The van der Waals surface area contributed by atoms with Crippen LogP contribution in [0, 0.1) is 12.3 Å². The van der Waals surface area contributed by atoms with Crippen molar-refractivity contribution in [1.82, 2.24) is 20.3 Å². The molecule has 2 aromatic heterocycles. The number of carbonyl (C=O) groups is 1. The maximum absolute atomic E-state index is 14.1. The number of aliphatic carboxylic acids is 1. The molecule has 4 N–H and O–H groups in total. The van der Waals surface area contributed by atoms with E-state index in [0.29, 0.717) is 31.9 Å². The largest absolute Gasteiger partial charge is 0.480 e. The molecule has 2 saturated heterocycles. The molecule has 2 fully saturated rings. The highest BCUT2D eigenvalue weighted by atomic mass is 19.4. The molecule has 206 valence electrons. The molecular weight excluding hydrogens is 513 g/mol. The molecule has 12 heteroatoms. The van der Waals surface area contributed by atoms with E-state index in [2.05, 4.69) is 20.3 Å². The predicted octanol–water partition coefficient (Wildman–Crippen LogP) is 4.14. The lowest BCUT2D eigenvalue weighted by molar-refractivity contribution is -0.198. The molecule has 2 aliphatic rings. The number of nitrogens with zero attached hydrogens (tertiary/aromatic N) is 4. The molecule has 3 aromatic rings. The normalized spacial score (nSPS) is 19.7. The number of pyridine rings is 1. The lowest BCUT2D eigenvalue weighted by Gasteiger charge is -2.39. The monoisotopic (exact) mass is 542 g/mol. The minimum Gasteiger partial charge on any atom is -0.480 e. The first-order valence-electron chi connectivity index (χ1n) is 12.6. The van der Waals surface area contributed by atoms with Gasteiger partial charge in [-0.15, -0.1) is 0 Å². The molecule has 39 heavy (non-hydrogen) atoms. The number of nitrogens with two attached hydrogens (primary N) is 1. The van der Waals surface area contributed by atoms with Crippen molar-refractivity contribution < 1.29 is 27.8 Å². The number of hydrogen-bond acceptors (Lipinski definition) is 8. The van der Waals surface area contributed by atoms with Gasteiger partial charge in [0.1, 0.15) is 11.9 Å². The highest BCUT2D eigenvalue weighted by molar-refractivity contribution is 5.74. The summed E-state index contributed by atoms with van der Waals surface area (Å²) < 4.78 is 47.7. The Kier molecular flexibility index (Phi) is 7.06. The van der Waals surface area contributed by atoms with Gasteiger partial charge in [-0.05, 0) is 43.2 Å². The number of piperidine rings is 1. The number of benzene rings is 1. The molecule has 0 saturated carbocycles. The van der Waals surface area contributed by atoms with E-state index in [4.69, 9.17) is 10.5 Å². The number of aryl methyl sites for hydroxylation is 1. The fraction of sp³-hybridized carbons (Fsp3) is 0.407. The summed E-state index contributed by atoms with van der Waals surface area (Å²) in [5, 5.41) is 12.4. The van der Waals surface area contributed by atoms with E-state index in [1.54, 1.807) is 18.3 Å². The van der Waals surface area contributed by atoms with Gasteiger partial charge in [-0.1, -0.05) is 30.3 Å². The zero-order valence-electron chi connectivity index (χ0n) is 21.3. The van der Waals surface area contributed by atoms with E-state index in [0.717, 1.165) is 29.7 Å². The molecule has 0 aliphatic carbocycles. The van der Waals surface area contributed by atoms with E-state index in [1.165, 1.54) is 18.2 Å². The Balaban J connectivity index is 1.32. The van der Waals surface area contributed by atoms with E-state index < -0.39 is 24.3 Å². The van der Waals surface area contributed by atoms with Gasteiger partial charge in [0.05, 0.1) is 0 Å². The Morgan fingerprint density at radius 1 is 1.15 bits per heavy atom. The molecule has 1 spiro atoms. The van der Waals surface area contributed by atoms with Crippen LogP contribution in [0.15, 0.2) is 48.7 Å². The molecule has 2 aliphatic heterocycles. The molecule has 0 amide bonds. The Labute approximate surface area is 223 Å². The number of ether oxygens (including phenoxy) is 1. The summed E-state index contributed by atoms with van der Waals surface area (Å²) in [6.45, 7) is 3.59. The molecular formula is C27H29F3N6O3. The van der Waals surface area contributed by atoms with Crippen LogP contribution in [0.5, 0.6) is 5.88 Å². The zero-order chi connectivity index (χ0) is 27.8. The third-order valence-corrected chi connectivity index (χ3v) is 7.51. The Bertz CT molecular complexity index is 1330. The molecule has 2 atom stereocenters. The smallest absolute Gasteiger partial charge is 0.429 e. The highest BCUT2D eigenvalue weighted by Gasteiger charge is 2.45. The van der Waals surface area contributed by atoms with Crippen LogP contribution in [-0.4, -0.2) is 57.9 Å². The van der Waals surface area contributed by atoms with Crippen LogP contribution in [0.1, 0.15) is 36.6 Å². The number of halogens is 3. The van der Waals surface area contributed by atoms with E-state index in [9.17, 15) is 23.1 Å². The van der Waals surface area contributed by atoms with E-state index in [-0.39, 0.29) is 22.8 Å². The van der Waals surface area contributed by atoms with Crippen LogP contribution in [0.4, 0.5) is 24.9 Å². The van der Waals surface area contributed by atoms with Crippen LogP contribution in [0.25, 0.3) is 11.1 Å². The van der Waals surface area contributed by atoms with Crippen molar-refractivity contribution in [3.05, 3.63) is 59.9 Å². The summed E-state index contributed by atoms with van der Waals surface area (Å²) in [5.41, 5.74) is 8.02. The standard InChI is InChI=1S/C27H29F3N6O3/c1-16-2-3-19(14-32-16)17-4-6-18(7-5-17)23(27(28,29)30)39-22-12-21(34-25(31)35-22)36-10-8-26(9-11-36)13-20(24(37)38)33-15-26/h2-7,12,14,20,23,33H,8-11,13,15H2,1H3,(H,37,38)(H2,31,34,35)/t20?,23-/m1/s1. The number of nitrogen functional groups attached to an aromatic ring is 1. The Morgan fingerprint density at radius 3 is 2.44 bits per heavy atom. The lowest BCUT2D eigenvalue weighted by atomic mass is 9.76. The van der Waals surface area contributed by atoms with E-state index in [1.807, 2.05) is 24.0 Å².